The third-order valence-electron chi connectivity index (χ3n) is 5.63. The van der Waals surface area contributed by atoms with Gasteiger partial charge in [-0.05, 0) is 45.2 Å². The van der Waals surface area contributed by atoms with Crippen molar-refractivity contribution in [1.82, 2.24) is 24.9 Å². The van der Waals surface area contributed by atoms with Gasteiger partial charge in [0.25, 0.3) is 0 Å². The highest BCUT2D eigenvalue weighted by atomic mass is 16.1. The Bertz CT molecular complexity index is 559. The van der Waals surface area contributed by atoms with Crippen molar-refractivity contribution in [2.75, 3.05) is 33.2 Å². The fourth-order valence-corrected chi connectivity index (χ4v) is 4.23. The first kappa shape index (κ1) is 16.5. The van der Waals surface area contributed by atoms with Gasteiger partial charge in [0.15, 0.2) is 0 Å². The van der Waals surface area contributed by atoms with Gasteiger partial charge in [0, 0.05) is 39.3 Å². The summed E-state index contributed by atoms with van der Waals surface area (Å²) in [4.78, 5) is 16.7. The zero-order valence-electron chi connectivity index (χ0n) is 14.6. The molecule has 6 nitrogen and oxygen atoms in total. The minimum absolute atomic E-state index is 0.138. The topological polar surface area (TPSA) is 53.4 Å². The number of aromatic nitrogens is 2. The summed E-state index contributed by atoms with van der Waals surface area (Å²) in [5.74, 6) is 0.138. The first-order valence-electron chi connectivity index (χ1n) is 8.70. The second-order valence-electron chi connectivity index (χ2n) is 7.10. The second-order valence-corrected chi connectivity index (χ2v) is 7.10. The molecule has 6 heteroatoms. The number of likely N-dealkylation sites (tertiary alicyclic amines) is 2. The Morgan fingerprint density at radius 3 is 2.65 bits per heavy atom. The summed E-state index contributed by atoms with van der Waals surface area (Å²) in [7, 11) is 3.75. The quantitative estimate of drug-likeness (QED) is 0.896. The predicted octanol–water partition coefficient (Wildman–Crippen LogP) is 0.905. The molecule has 3 heterocycles. The highest BCUT2D eigenvalue weighted by molar-refractivity contribution is 5.77. The standard InChI is InChI=1S/C17H29N5O/c1-14-11-15(20(3)19-14)12-21-9-6-17(7-10-21)5-4-8-22(17)13-16(23)18-2/h11H,4-10,12-13H2,1-3H3,(H,18,23). The van der Waals surface area contributed by atoms with Crippen LogP contribution in [0, 0.1) is 6.92 Å². The largest absolute Gasteiger partial charge is 0.358 e. The molecule has 1 aromatic rings. The molecule has 2 fully saturated rings. The van der Waals surface area contributed by atoms with E-state index >= 15 is 0 Å². The number of hydrogen-bond acceptors (Lipinski definition) is 4. The number of nitrogens with one attached hydrogen (secondary N) is 1. The van der Waals surface area contributed by atoms with Crippen molar-refractivity contribution < 1.29 is 4.79 Å². The Labute approximate surface area is 138 Å². The maximum Gasteiger partial charge on any atom is 0.233 e. The van der Waals surface area contributed by atoms with Crippen LogP contribution in [0.4, 0.5) is 0 Å². The first-order valence-corrected chi connectivity index (χ1v) is 8.70. The molecule has 2 aliphatic heterocycles. The Morgan fingerprint density at radius 2 is 2.04 bits per heavy atom. The zero-order valence-corrected chi connectivity index (χ0v) is 14.6. The average molecular weight is 319 g/mol. The van der Waals surface area contributed by atoms with Crippen LogP contribution in [0.2, 0.25) is 0 Å². The molecule has 3 rings (SSSR count). The van der Waals surface area contributed by atoms with E-state index in [2.05, 4.69) is 26.3 Å². The van der Waals surface area contributed by atoms with Gasteiger partial charge < -0.3 is 5.32 Å². The van der Waals surface area contributed by atoms with Crippen molar-refractivity contribution in [2.24, 2.45) is 7.05 Å². The number of nitrogens with zero attached hydrogens (tertiary/aromatic N) is 4. The average Bonchev–Trinajstić information content (AvgIpc) is 3.05. The molecule has 2 saturated heterocycles. The van der Waals surface area contributed by atoms with Crippen LogP contribution in [-0.2, 0) is 18.4 Å². The molecule has 0 unspecified atom stereocenters. The highest BCUT2D eigenvalue weighted by Crippen LogP contribution is 2.38. The Balaban J connectivity index is 1.59. The molecule has 1 aromatic heterocycles. The van der Waals surface area contributed by atoms with Gasteiger partial charge in [-0.3, -0.25) is 19.3 Å². The van der Waals surface area contributed by atoms with Gasteiger partial charge in [-0.2, -0.15) is 5.10 Å². The van der Waals surface area contributed by atoms with E-state index in [9.17, 15) is 4.79 Å². The lowest BCUT2D eigenvalue weighted by molar-refractivity contribution is -0.123. The number of carbonyl (C=O) groups is 1. The lowest BCUT2D eigenvalue weighted by Gasteiger charge is -2.44. The number of rotatable bonds is 4. The molecular formula is C17H29N5O. The van der Waals surface area contributed by atoms with E-state index in [1.54, 1.807) is 7.05 Å². The number of piperidine rings is 1. The van der Waals surface area contributed by atoms with Gasteiger partial charge in [-0.15, -0.1) is 0 Å². The highest BCUT2D eigenvalue weighted by Gasteiger charge is 2.43. The third kappa shape index (κ3) is 3.43. The van der Waals surface area contributed by atoms with E-state index in [4.69, 9.17) is 0 Å². The van der Waals surface area contributed by atoms with Gasteiger partial charge in [-0.25, -0.2) is 0 Å². The van der Waals surface area contributed by atoms with E-state index in [-0.39, 0.29) is 11.4 Å². The predicted molar refractivity (Wildman–Crippen MR) is 90.1 cm³/mol. The molecule has 0 aliphatic carbocycles. The van der Waals surface area contributed by atoms with Gasteiger partial charge in [0.1, 0.15) is 0 Å². The maximum atomic E-state index is 11.8. The van der Waals surface area contributed by atoms with Crippen LogP contribution in [-0.4, -0.2) is 64.3 Å². The number of likely N-dealkylation sites (N-methyl/N-ethyl adjacent to an activating group) is 1. The lowest BCUT2D eigenvalue weighted by Crippen LogP contribution is -2.54. The molecule has 0 saturated carbocycles. The number of carbonyl (C=O) groups excluding carboxylic acids is 1. The minimum atomic E-state index is 0.138. The molecule has 1 N–H and O–H groups in total. The Morgan fingerprint density at radius 1 is 1.30 bits per heavy atom. The van der Waals surface area contributed by atoms with Gasteiger partial charge in [-0.1, -0.05) is 0 Å². The number of amides is 1. The van der Waals surface area contributed by atoms with Crippen LogP contribution >= 0.6 is 0 Å². The molecule has 1 amide bonds. The normalized spacial score (nSPS) is 21.9. The van der Waals surface area contributed by atoms with E-state index in [1.807, 2.05) is 18.7 Å². The molecule has 1 spiro atoms. The van der Waals surface area contributed by atoms with Crippen LogP contribution in [0.5, 0.6) is 0 Å². The van der Waals surface area contributed by atoms with E-state index in [1.165, 1.54) is 31.4 Å². The summed E-state index contributed by atoms with van der Waals surface area (Å²) in [6.45, 7) is 6.85. The number of hydrogen-bond donors (Lipinski definition) is 1. The lowest BCUT2D eigenvalue weighted by atomic mass is 9.85. The van der Waals surface area contributed by atoms with E-state index in [0.717, 1.165) is 31.9 Å². The Hall–Kier alpha value is -1.40. The maximum absolute atomic E-state index is 11.8. The smallest absolute Gasteiger partial charge is 0.233 e. The molecule has 0 aromatic carbocycles. The molecular weight excluding hydrogens is 290 g/mol. The van der Waals surface area contributed by atoms with Gasteiger partial charge in [0.05, 0.1) is 17.9 Å². The van der Waals surface area contributed by atoms with E-state index < -0.39 is 0 Å². The fourth-order valence-electron chi connectivity index (χ4n) is 4.23. The molecule has 0 bridgehead atoms. The fraction of sp³-hybridized carbons (Fsp3) is 0.765. The molecule has 23 heavy (non-hydrogen) atoms. The third-order valence-corrected chi connectivity index (χ3v) is 5.63. The summed E-state index contributed by atoms with van der Waals surface area (Å²) >= 11 is 0. The second kappa shape index (κ2) is 6.61. The Kier molecular flexibility index (Phi) is 4.73. The van der Waals surface area contributed by atoms with Crippen molar-refractivity contribution >= 4 is 5.91 Å². The minimum Gasteiger partial charge on any atom is -0.358 e. The van der Waals surface area contributed by atoms with Crippen molar-refractivity contribution in [2.45, 2.75) is 44.7 Å². The summed E-state index contributed by atoms with van der Waals surface area (Å²) in [6, 6.07) is 2.18. The van der Waals surface area contributed by atoms with Gasteiger partial charge >= 0.3 is 0 Å². The zero-order chi connectivity index (χ0) is 16.4. The van der Waals surface area contributed by atoms with Crippen molar-refractivity contribution in [3.8, 4) is 0 Å². The summed E-state index contributed by atoms with van der Waals surface area (Å²) < 4.78 is 1.99. The summed E-state index contributed by atoms with van der Waals surface area (Å²) in [6.07, 6.45) is 4.79. The molecule has 128 valence electrons. The number of aryl methyl sites for hydroxylation is 2. The van der Waals surface area contributed by atoms with Crippen LogP contribution in [0.25, 0.3) is 0 Å². The van der Waals surface area contributed by atoms with E-state index in [0.29, 0.717) is 6.54 Å². The van der Waals surface area contributed by atoms with Crippen LogP contribution in [0.15, 0.2) is 6.07 Å². The molecule has 0 radical (unpaired) electrons. The summed E-state index contributed by atoms with van der Waals surface area (Å²) in [5.41, 5.74) is 2.63. The molecule has 2 aliphatic rings. The van der Waals surface area contributed by atoms with Crippen LogP contribution in [0.1, 0.15) is 37.1 Å². The van der Waals surface area contributed by atoms with Crippen LogP contribution < -0.4 is 5.32 Å². The van der Waals surface area contributed by atoms with Crippen molar-refractivity contribution in [1.29, 1.82) is 0 Å². The van der Waals surface area contributed by atoms with Gasteiger partial charge in [0.2, 0.25) is 5.91 Å². The molecule has 0 atom stereocenters. The monoisotopic (exact) mass is 319 g/mol. The van der Waals surface area contributed by atoms with Crippen molar-refractivity contribution in [3.05, 3.63) is 17.5 Å². The SMILES string of the molecule is CNC(=O)CN1CCCC12CCN(Cc1cc(C)nn1C)CC2. The van der Waals surface area contributed by atoms with Crippen molar-refractivity contribution in [3.63, 3.8) is 0 Å². The van der Waals surface area contributed by atoms with Crippen LogP contribution in [0.3, 0.4) is 0 Å². The summed E-state index contributed by atoms with van der Waals surface area (Å²) in [5, 5.41) is 7.20. The first-order chi connectivity index (χ1) is 11.0.